The van der Waals surface area contributed by atoms with Gasteiger partial charge in [0.1, 0.15) is 0 Å². The molecule has 110 valence electrons. The molecular weight excluding hydrogens is 309 g/mol. The number of hydrogen-bond acceptors (Lipinski definition) is 5. The second-order valence-electron chi connectivity index (χ2n) is 4.85. The van der Waals surface area contributed by atoms with Crippen LogP contribution in [-0.4, -0.2) is 35.1 Å². The van der Waals surface area contributed by atoms with E-state index in [0.29, 0.717) is 33.3 Å². The van der Waals surface area contributed by atoms with Gasteiger partial charge in [0.05, 0.1) is 5.02 Å². The number of aromatic nitrogens is 3. The number of nitrogens with zero attached hydrogens (tertiary/aromatic N) is 4. The molecule has 1 aliphatic rings. The van der Waals surface area contributed by atoms with Gasteiger partial charge in [-0.3, -0.25) is 0 Å². The van der Waals surface area contributed by atoms with Gasteiger partial charge >= 0.3 is 0 Å². The van der Waals surface area contributed by atoms with Gasteiger partial charge in [-0.2, -0.15) is 15.0 Å². The number of hydrogen-bond donors (Lipinski definition) is 1. The molecule has 21 heavy (non-hydrogen) atoms. The van der Waals surface area contributed by atoms with Crippen molar-refractivity contribution in [3.05, 3.63) is 28.2 Å². The number of nitrogens with one attached hydrogen (secondary N) is 1. The van der Waals surface area contributed by atoms with E-state index in [-0.39, 0.29) is 0 Å². The Morgan fingerprint density at radius 2 is 1.86 bits per heavy atom. The molecule has 1 N–H and O–H groups in total. The minimum atomic E-state index is 0.526. The third-order valence-corrected chi connectivity index (χ3v) is 3.97. The van der Waals surface area contributed by atoms with Gasteiger partial charge in [-0.1, -0.05) is 23.2 Å². The molecule has 1 aliphatic heterocycles. The first-order valence-electron chi connectivity index (χ1n) is 6.81. The molecule has 0 radical (unpaired) electrons. The zero-order chi connectivity index (χ0) is 14.8. The van der Waals surface area contributed by atoms with Crippen LogP contribution in [0.1, 0.15) is 12.8 Å². The topological polar surface area (TPSA) is 53.9 Å². The van der Waals surface area contributed by atoms with Crippen molar-refractivity contribution in [3.8, 4) is 11.4 Å². The molecule has 0 atom stereocenters. The normalized spacial score (nSPS) is 14.5. The summed E-state index contributed by atoms with van der Waals surface area (Å²) in [5.74, 6) is 1.74. The molecule has 0 bridgehead atoms. The average molecular weight is 324 g/mol. The van der Waals surface area contributed by atoms with Crippen LogP contribution in [-0.2, 0) is 0 Å². The van der Waals surface area contributed by atoms with E-state index in [2.05, 4.69) is 25.2 Å². The fraction of sp³-hybridized carbons (Fsp3) is 0.357. The third kappa shape index (κ3) is 3.04. The highest BCUT2D eigenvalue weighted by Crippen LogP contribution is 2.30. The van der Waals surface area contributed by atoms with Crippen molar-refractivity contribution in [2.24, 2.45) is 0 Å². The van der Waals surface area contributed by atoms with E-state index in [4.69, 9.17) is 23.2 Å². The van der Waals surface area contributed by atoms with Crippen LogP contribution < -0.4 is 10.2 Å². The zero-order valence-electron chi connectivity index (χ0n) is 11.6. The van der Waals surface area contributed by atoms with Crippen molar-refractivity contribution >= 4 is 35.1 Å². The minimum absolute atomic E-state index is 0.526. The molecule has 1 aromatic carbocycles. The molecule has 1 saturated heterocycles. The Kier molecular flexibility index (Phi) is 4.12. The molecule has 0 amide bonds. The molecule has 0 saturated carbocycles. The fourth-order valence-corrected chi connectivity index (χ4v) is 2.70. The number of halogens is 2. The van der Waals surface area contributed by atoms with Gasteiger partial charge in [0, 0.05) is 30.7 Å². The molecular formula is C14H15Cl2N5. The van der Waals surface area contributed by atoms with Crippen LogP contribution in [0.15, 0.2) is 18.2 Å². The highest BCUT2D eigenvalue weighted by atomic mass is 35.5. The molecule has 1 fully saturated rings. The maximum Gasteiger partial charge on any atom is 0.230 e. The molecule has 7 heteroatoms. The van der Waals surface area contributed by atoms with Crippen molar-refractivity contribution < 1.29 is 0 Å². The maximum absolute atomic E-state index is 6.25. The lowest BCUT2D eigenvalue weighted by atomic mass is 10.2. The van der Waals surface area contributed by atoms with Crippen LogP contribution in [0, 0.1) is 0 Å². The van der Waals surface area contributed by atoms with Gasteiger partial charge in [-0.15, -0.1) is 0 Å². The van der Waals surface area contributed by atoms with Crippen molar-refractivity contribution in [1.82, 2.24) is 15.0 Å². The van der Waals surface area contributed by atoms with Crippen LogP contribution in [0.3, 0.4) is 0 Å². The maximum atomic E-state index is 6.25. The Bertz CT molecular complexity index is 656. The molecule has 3 rings (SSSR count). The van der Waals surface area contributed by atoms with Gasteiger partial charge in [0.15, 0.2) is 5.82 Å². The summed E-state index contributed by atoms with van der Waals surface area (Å²) < 4.78 is 0. The molecule has 2 aromatic rings. The Morgan fingerprint density at radius 1 is 1.10 bits per heavy atom. The van der Waals surface area contributed by atoms with Crippen LogP contribution in [0.4, 0.5) is 11.9 Å². The van der Waals surface area contributed by atoms with E-state index in [9.17, 15) is 0 Å². The first kappa shape index (κ1) is 14.4. The lowest BCUT2D eigenvalue weighted by Crippen LogP contribution is -2.21. The first-order chi connectivity index (χ1) is 10.2. The second kappa shape index (κ2) is 6.03. The standard InChI is InChI=1S/C14H15Cl2N5/c1-17-13-18-12(10-8-9(15)4-5-11(10)16)19-14(20-13)21-6-2-3-7-21/h4-5,8H,2-3,6-7H2,1H3,(H,17,18,19,20). The van der Waals surface area contributed by atoms with Crippen molar-refractivity contribution in [3.63, 3.8) is 0 Å². The summed E-state index contributed by atoms with van der Waals surface area (Å²) in [5.41, 5.74) is 0.712. The monoisotopic (exact) mass is 323 g/mol. The van der Waals surface area contributed by atoms with Crippen molar-refractivity contribution in [2.45, 2.75) is 12.8 Å². The van der Waals surface area contributed by atoms with Crippen LogP contribution in [0.2, 0.25) is 10.0 Å². The van der Waals surface area contributed by atoms with E-state index < -0.39 is 0 Å². The predicted molar refractivity (Wildman–Crippen MR) is 86.3 cm³/mol. The van der Waals surface area contributed by atoms with Crippen LogP contribution >= 0.6 is 23.2 Å². The molecule has 0 unspecified atom stereocenters. The molecule has 0 aliphatic carbocycles. The van der Waals surface area contributed by atoms with Gasteiger partial charge in [0.2, 0.25) is 11.9 Å². The third-order valence-electron chi connectivity index (χ3n) is 3.41. The molecule has 2 heterocycles. The van der Waals surface area contributed by atoms with Gasteiger partial charge in [0.25, 0.3) is 0 Å². The summed E-state index contributed by atoms with van der Waals surface area (Å²) >= 11 is 12.3. The summed E-state index contributed by atoms with van der Waals surface area (Å²) in [5, 5.41) is 4.14. The Labute approximate surface area is 133 Å². The van der Waals surface area contributed by atoms with Crippen LogP contribution in [0.5, 0.6) is 0 Å². The highest BCUT2D eigenvalue weighted by Gasteiger charge is 2.18. The average Bonchev–Trinajstić information content (AvgIpc) is 3.03. The lowest BCUT2D eigenvalue weighted by molar-refractivity contribution is 0.885. The van der Waals surface area contributed by atoms with Gasteiger partial charge < -0.3 is 10.2 Å². The Balaban J connectivity index is 2.08. The van der Waals surface area contributed by atoms with E-state index in [1.807, 2.05) is 0 Å². The Hall–Kier alpha value is -1.59. The van der Waals surface area contributed by atoms with E-state index in [0.717, 1.165) is 25.9 Å². The smallest absolute Gasteiger partial charge is 0.230 e. The summed E-state index contributed by atoms with van der Waals surface area (Å²) in [7, 11) is 1.78. The van der Waals surface area contributed by atoms with Gasteiger partial charge in [-0.05, 0) is 31.0 Å². The quantitative estimate of drug-likeness (QED) is 0.937. The van der Waals surface area contributed by atoms with Crippen molar-refractivity contribution in [2.75, 3.05) is 30.4 Å². The number of rotatable bonds is 3. The number of benzene rings is 1. The van der Waals surface area contributed by atoms with E-state index in [1.54, 1.807) is 25.2 Å². The summed E-state index contributed by atoms with van der Waals surface area (Å²) in [4.78, 5) is 15.5. The second-order valence-corrected chi connectivity index (χ2v) is 5.69. The van der Waals surface area contributed by atoms with Crippen LogP contribution in [0.25, 0.3) is 11.4 Å². The summed E-state index contributed by atoms with van der Waals surface area (Å²) in [6, 6.07) is 5.26. The SMILES string of the molecule is CNc1nc(-c2cc(Cl)ccc2Cl)nc(N2CCCC2)n1. The lowest BCUT2D eigenvalue weighted by Gasteiger charge is -2.16. The first-order valence-corrected chi connectivity index (χ1v) is 7.57. The zero-order valence-corrected chi connectivity index (χ0v) is 13.1. The molecule has 1 aromatic heterocycles. The molecule has 0 spiro atoms. The van der Waals surface area contributed by atoms with Crippen molar-refractivity contribution in [1.29, 1.82) is 0 Å². The van der Waals surface area contributed by atoms with E-state index in [1.165, 1.54) is 0 Å². The summed E-state index contributed by atoms with van der Waals surface area (Å²) in [6.45, 7) is 1.94. The largest absolute Gasteiger partial charge is 0.357 e. The number of anilines is 2. The highest BCUT2D eigenvalue weighted by molar-refractivity contribution is 6.35. The summed E-state index contributed by atoms with van der Waals surface area (Å²) in [6.07, 6.45) is 2.32. The van der Waals surface area contributed by atoms with Gasteiger partial charge in [-0.25, -0.2) is 0 Å². The fourth-order valence-electron chi connectivity index (χ4n) is 2.32. The predicted octanol–water partition coefficient (Wildman–Crippen LogP) is 3.49. The van der Waals surface area contributed by atoms with E-state index >= 15 is 0 Å². The Morgan fingerprint density at radius 3 is 2.57 bits per heavy atom. The minimum Gasteiger partial charge on any atom is -0.357 e. The molecule has 5 nitrogen and oxygen atoms in total.